The van der Waals surface area contributed by atoms with Gasteiger partial charge in [0.1, 0.15) is 18.3 Å². The lowest BCUT2D eigenvalue weighted by atomic mass is 10.1. The molecule has 2 amide bonds. The van der Waals surface area contributed by atoms with Gasteiger partial charge in [0.05, 0.1) is 17.7 Å². The number of hydrogen-bond donors (Lipinski definition) is 1. The maximum Gasteiger partial charge on any atom is 0.264 e. The van der Waals surface area contributed by atoms with Crippen molar-refractivity contribution in [3.05, 3.63) is 88.4 Å². The molecule has 8 nitrogen and oxygen atoms in total. The molecule has 3 aromatic rings. The Hall–Kier alpha value is -3.56. The van der Waals surface area contributed by atoms with Gasteiger partial charge in [0.25, 0.3) is 10.0 Å². The van der Waals surface area contributed by atoms with Crippen molar-refractivity contribution in [2.75, 3.05) is 18.0 Å². The number of benzene rings is 3. The van der Waals surface area contributed by atoms with Crippen molar-refractivity contribution in [3.8, 4) is 5.75 Å². The molecular formula is C31H38ClN3O5S. The number of methoxy groups -OCH3 is 1. The first-order valence-corrected chi connectivity index (χ1v) is 15.0. The van der Waals surface area contributed by atoms with E-state index in [0.29, 0.717) is 0 Å². The Kier molecular flexibility index (Phi) is 10.1. The van der Waals surface area contributed by atoms with Crippen LogP contribution in [0, 0.1) is 13.8 Å². The molecule has 0 radical (unpaired) electrons. The van der Waals surface area contributed by atoms with Gasteiger partial charge in [-0.3, -0.25) is 13.9 Å². The molecule has 0 aliphatic carbocycles. The fraction of sp³-hybridized carbons (Fsp3) is 0.355. The molecular weight excluding hydrogens is 562 g/mol. The van der Waals surface area contributed by atoms with E-state index in [0.717, 1.165) is 21.0 Å². The monoisotopic (exact) mass is 599 g/mol. The Balaban J connectivity index is 2.12. The molecule has 3 rings (SSSR count). The molecule has 0 aliphatic rings. The number of amides is 2. The van der Waals surface area contributed by atoms with Crippen LogP contribution in [-0.4, -0.2) is 50.4 Å². The normalized spacial score (nSPS) is 12.4. The highest BCUT2D eigenvalue weighted by Gasteiger charge is 2.34. The Morgan fingerprint density at radius 2 is 1.63 bits per heavy atom. The van der Waals surface area contributed by atoms with Crippen LogP contribution >= 0.6 is 11.6 Å². The number of aryl methyl sites for hydroxylation is 2. The van der Waals surface area contributed by atoms with Crippen LogP contribution in [0.1, 0.15) is 44.4 Å². The Morgan fingerprint density at radius 3 is 2.22 bits per heavy atom. The number of halogens is 1. The van der Waals surface area contributed by atoms with Gasteiger partial charge in [0.2, 0.25) is 11.8 Å². The van der Waals surface area contributed by atoms with E-state index < -0.39 is 34.1 Å². The number of hydrogen-bond acceptors (Lipinski definition) is 5. The summed E-state index contributed by atoms with van der Waals surface area (Å²) in [4.78, 5) is 28.8. The Morgan fingerprint density at radius 1 is 1.00 bits per heavy atom. The first-order chi connectivity index (χ1) is 19.1. The minimum absolute atomic E-state index is 0.00177. The van der Waals surface area contributed by atoms with E-state index in [9.17, 15) is 18.0 Å². The molecule has 0 unspecified atom stereocenters. The van der Waals surface area contributed by atoms with Crippen molar-refractivity contribution in [2.24, 2.45) is 0 Å². The number of nitrogens with one attached hydrogen (secondary N) is 1. The largest absolute Gasteiger partial charge is 0.495 e. The summed E-state index contributed by atoms with van der Waals surface area (Å²) < 4.78 is 34.6. The number of carbonyl (C=O) groups is 2. The maximum atomic E-state index is 14.1. The summed E-state index contributed by atoms with van der Waals surface area (Å²) in [5.41, 5.74) is 2.24. The van der Waals surface area contributed by atoms with Crippen molar-refractivity contribution in [1.82, 2.24) is 10.2 Å². The van der Waals surface area contributed by atoms with Crippen molar-refractivity contribution >= 4 is 39.1 Å². The topological polar surface area (TPSA) is 96.0 Å². The molecule has 0 heterocycles. The molecule has 0 spiro atoms. The second-order valence-corrected chi connectivity index (χ2v) is 13.3. The van der Waals surface area contributed by atoms with Crippen LogP contribution in [0.3, 0.4) is 0 Å². The lowest BCUT2D eigenvalue weighted by Crippen LogP contribution is -2.54. The second kappa shape index (κ2) is 13.0. The third-order valence-electron chi connectivity index (χ3n) is 6.56. The Labute approximate surface area is 248 Å². The van der Waals surface area contributed by atoms with E-state index in [1.807, 2.05) is 58.9 Å². The van der Waals surface area contributed by atoms with Crippen molar-refractivity contribution in [1.29, 1.82) is 0 Å². The van der Waals surface area contributed by atoms with E-state index in [2.05, 4.69) is 5.32 Å². The summed E-state index contributed by atoms with van der Waals surface area (Å²) in [5, 5.41) is 3.20. The number of ether oxygens (including phenoxy) is 1. The van der Waals surface area contributed by atoms with Gasteiger partial charge < -0.3 is 15.0 Å². The average Bonchev–Trinajstić information content (AvgIpc) is 2.90. The molecule has 0 fully saturated rings. The number of rotatable bonds is 10. The molecule has 0 saturated carbocycles. The third-order valence-corrected chi connectivity index (χ3v) is 8.57. The quantitative estimate of drug-likeness (QED) is 0.332. The first kappa shape index (κ1) is 32.0. The highest BCUT2D eigenvalue weighted by atomic mass is 35.5. The number of carbonyl (C=O) groups excluding carboxylic acids is 2. The molecule has 0 aromatic heterocycles. The van der Waals surface area contributed by atoms with Crippen LogP contribution in [0.2, 0.25) is 5.02 Å². The number of sulfonamides is 1. The highest BCUT2D eigenvalue weighted by molar-refractivity contribution is 7.92. The minimum Gasteiger partial charge on any atom is -0.495 e. The van der Waals surface area contributed by atoms with Gasteiger partial charge in [-0.2, -0.15) is 0 Å². The Bertz CT molecular complexity index is 1500. The van der Waals surface area contributed by atoms with Crippen molar-refractivity contribution in [3.63, 3.8) is 0 Å². The minimum atomic E-state index is -4.26. The maximum absolute atomic E-state index is 14.1. The fourth-order valence-corrected chi connectivity index (χ4v) is 5.82. The molecule has 41 heavy (non-hydrogen) atoms. The molecule has 10 heteroatoms. The predicted octanol–water partition coefficient (Wildman–Crippen LogP) is 5.49. The average molecular weight is 600 g/mol. The molecule has 3 aromatic carbocycles. The van der Waals surface area contributed by atoms with Crippen LogP contribution in [0.4, 0.5) is 5.69 Å². The zero-order valence-electron chi connectivity index (χ0n) is 24.6. The van der Waals surface area contributed by atoms with Gasteiger partial charge in [-0.25, -0.2) is 8.42 Å². The first-order valence-electron chi connectivity index (χ1n) is 13.2. The van der Waals surface area contributed by atoms with Crippen LogP contribution in [0.5, 0.6) is 5.75 Å². The van der Waals surface area contributed by atoms with Crippen LogP contribution in [-0.2, 0) is 26.2 Å². The molecule has 1 N–H and O–H groups in total. The molecule has 220 valence electrons. The van der Waals surface area contributed by atoms with E-state index in [1.54, 1.807) is 31.2 Å². The molecule has 0 saturated heterocycles. The van der Waals surface area contributed by atoms with Crippen molar-refractivity contribution < 1.29 is 22.7 Å². The van der Waals surface area contributed by atoms with Gasteiger partial charge in [-0.1, -0.05) is 53.6 Å². The summed E-state index contributed by atoms with van der Waals surface area (Å²) in [7, 11) is -2.85. The SMILES string of the molecule is COc1ccc(Cl)cc1N(CC(=O)N(Cc1ccccc1C)[C@@H](C)C(=O)NC(C)(C)C)S(=O)(=O)c1ccc(C)cc1. The summed E-state index contributed by atoms with van der Waals surface area (Å²) >= 11 is 6.29. The molecule has 1 atom stereocenters. The lowest BCUT2D eigenvalue weighted by Gasteiger charge is -2.34. The zero-order valence-corrected chi connectivity index (χ0v) is 26.1. The van der Waals surface area contributed by atoms with Crippen LogP contribution in [0.15, 0.2) is 71.6 Å². The summed E-state index contributed by atoms with van der Waals surface area (Å²) in [6, 6.07) is 17.6. The highest BCUT2D eigenvalue weighted by Crippen LogP contribution is 2.35. The predicted molar refractivity (Wildman–Crippen MR) is 163 cm³/mol. The summed E-state index contributed by atoms with van der Waals surface area (Å²) in [6.45, 7) is 10.5. The van der Waals surface area contributed by atoms with Gasteiger partial charge in [0.15, 0.2) is 0 Å². The fourth-order valence-electron chi connectivity index (χ4n) is 4.24. The van der Waals surface area contributed by atoms with E-state index in [-0.39, 0.29) is 33.8 Å². The summed E-state index contributed by atoms with van der Waals surface area (Å²) in [5.74, 6) is -0.697. The smallest absolute Gasteiger partial charge is 0.264 e. The van der Waals surface area contributed by atoms with Gasteiger partial charge in [-0.05, 0) is 83.0 Å². The summed E-state index contributed by atoms with van der Waals surface area (Å²) in [6.07, 6.45) is 0. The molecule has 0 aliphatic heterocycles. The number of nitrogens with zero attached hydrogens (tertiary/aromatic N) is 2. The lowest BCUT2D eigenvalue weighted by molar-refractivity contribution is -0.140. The second-order valence-electron chi connectivity index (χ2n) is 11.0. The number of anilines is 1. The van der Waals surface area contributed by atoms with Crippen molar-refractivity contribution in [2.45, 2.75) is 64.6 Å². The van der Waals surface area contributed by atoms with E-state index in [4.69, 9.17) is 16.3 Å². The standard InChI is InChI=1S/C31H38ClN3O5S/c1-21-12-15-26(16-13-21)41(38,39)35(27-18-25(32)14-17-28(27)40-7)20-29(36)34(19-24-11-9-8-10-22(24)2)23(3)30(37)33-31(4,5)6/h8-18,23H,19-20H2,1-7H3,(H,33,37)/t23-/m0/s1. The van der Waals surface area contributed by atoms with Gasteiger partial charge in [-0.15, -0.1) is 0 Å². The van der Waals surface area contributed by atoms with Crippen LogP contribution < -0.4 is 14.4 Å². The molecule has 0 bridgehead atoms. The van der Waals surface area contributed by atoms with E-state index >= 15 is 0 Å². The van der Waals surface area contributed by atoms with Gasteiger partial charge >= 0.3 is 0 Å². The third kappa shape index (κ3) is 8.01. The van der Waals surface area contributed by atoms with E-state index in [1.165, 1.54) is 30.2 Å². The zero-order chi connectivity index (χ0) is 30.5. The van der Waals surface area contributed by atoms with Gasteiger partial charge in [0, 0.05) is 17.1 Å². The van der Waals surface area contributed by atoms with Crippen LogP contribution in [0.25, 0.3) is 0 Å².